The maximum absolute atomic E-state index is 13.7. The molecule has 174 valence electrons. The molecule has 4 rings (SSSR count). The van der Waals surface area contributed by atoms with Crippen LogP contribution in [0.4, 0.5) is 4.39 Å². The van der Waals surface area contributed by atoms with Crippen molar-refractivity contribution < 1.29 is 28.6 Å². The molecule has 12 heteroatoms. The number of nitrogens with zero attached hydrogens (tertiary/aromatic N) is 4. The number of carbonyl (C=O) groups excluding carboxylic acids is 1. The van der Waals surface area contributed by atoms with Crippen LogP contribution < -0.4 is 0 Å². The minimum Gasteiger partial charge on any atom is -0.480 e. The van der Waals surface area contributed by atoms with Gasteiger partial charge in [0.1, 0.15) is 17.9 Å². The molecule has 3 heterocycles. The van der Waals surface area contributed by atoms with Gasteiger partial charge in [-0.2, -0.15) is 0 Å². The number of hydrogen-bond acceptors (Lipinski definition) is 9. The second-order valence-electron chi connectivity index (χ2n) is 7.29. The number of aromatic nitrogens is 1. The van der Waals surface area contributed by atoms with Crippen molar-refractivity contribution in [3.63, 3.8) is 0 Å². The van der Waals surface area contributed by atoms with Crippen LogP contribution in [-0.4, -0.2) is 77.2 Å². The third-order valence-corrected chi connectivity index (χ3v) is 6.37. The fraction of sp³-hybridized carbons (Fsp3) is 0.333. The Kier molecular flexibility index (Phi) is 7.03. The number of benzene rings is 1. The van der Waals surface area contributed by atoms with Crippen molar-refractivity contribution in [1.29, 1.82) is 0 Å². The summed E-state index contributed by atoms with van der Waals surface area (Å²) in [6, 6.07) is 2.16. The van der Waals surface area contributed by atoms with Gasteiger partial charge in [0.15, 0.2) is 10.8 Å². The molecule has 1 N–H and O–H groups in total. The smallest absolute Gasteiger partial charge is 0.337 e. The highest BCUT2D eigenvalue weighted by molar-refractivity contribution is 7.11. The monoisotopic (exact) mass is 494 g/mol. The molecular weight excluding hydrogens is 475 g/mol. The number of esters is 1. The summed E-state index contributed by atoms with van der Waals surface area (Å²) in [6.45, 7) is 0.938. The molecule has 0 saturated carbocycles. The summed E-state index contributed by atoms with van der Waals surface area (Å²) in [7, 11) is 1.25. The molecule has 1 fully saturated rings. The Morgan fingerprint density at radius 2 is 2.24 bits per heavy atom. The average Bonchev–Trinajstić information content (AvgIpc) is 3.33. The van der Waals surface area contributed by atoms with Crippen molar-refractivity contribution in [1.82, 2.24) is 14.8 Å². The molecule has 1 aromatic heterocycles. The Labute approximate surface area is 197 Å². The van der Waals surface area contributed by atoms with Crippen LogP contribution in [0, 0.1) is 5.82 Å². The number of amidine groups is 1. The number of ether oxygens (including phenoxy) is 2. The normalized spacial score (nSPS) is 21.4. The second-order valence-corrected chi connectivity index (χ2v) is 8.59. The van der Waals surface area contributed by atoms with Gasteiger partial charge in [0.05, 0.1) is 32.6 Å². The number of carboxylic acids is 1. The van der Waals surface area contributed by atoms with Gasteiger partial charge in [0.2, 0.25) is 0 Å². The highest BCUT2D eigenvalue weighted by atomic mass is 35.5. The van der Waals surface area contributed by atoms with Crippen molar-refractivity contribution >= 4 is 40.7 Å². The van der Waals surface area contributed by atoms with E-state index >= 15 is 0 Å². The molecular formula is C21H20ClFN4O5S. The first-order valence-electron chi connectivity index (χ1n) is 9.93. The van der Waals surface area contributed by atoms with Gasteiger partial charge in [-0.05, 0) is 12.1 Å². The maximum Gasteiger partial charge on any atom is 0.337 e. The van der Waals surface area contributed by atoms with E-state index in [1.165, 1.54) is 30.6 Å². The van der Waals surface area contributed by atoms with Crippen LogP contribution in [0.5, 0.6) is 0 Å². The van der Waals surface area contributed by atoms with Gasteiger partial charge >= 0.3 is 11.9 Å². The lowest BCUT2D eigenvalue weighted by molar-refractivity contribution is -0.150. The number of morpholine rings is 1. The molecule has 2 aliphatic heterocycles. The van der Waals surface area contributed by atoms with E-state index in [0.29, 0.717) is 29.6 Å². The van der Waals surface area contributed by atoms with Crippen LogP contribution in [-0.2, 0) is 19.1 Å². The van der Waals surface area contributed by atoms with E-state index in [9.17, 15) is 19.1 Å². The summed E-state index contributed by atoms with van der Waals surface area (Å²) < 4.78 is 23.9. The SMILES string of the molecule is COC(=O)C1=CN(CN2CCOC[C@H]2C(=O)O)C(c2nccs2)=N[C@H]1c1ccc(F)cc1Cl. The summed E-state index contributed by atoms with van der Waals surface area (Å²) in [5.74, 6) is -1.73. The summed E-state index contributed by atoms with van der Waals surface area (Å²) in [4.78, 5) is 36.9. The molecule has 0 aliphatic carbocycles. The zero-order chi connectivity index (χ0) is 23.5. The number of methoxy groups -OCH3 is 1. The Bertz CT molecular complexity index is 1110. The van der Waals surface area contributed by atoms with Crippen molar-refractivity contribution in [2.45, 2.75) is 12.1 Å². The molecule has 0 spiro atoms. The summed E-state index contributed by atoms with van der Waals surface area (Å²) >= 11 is 7.63. The molecule has 1 saturated heterocycles. The van der Waals surface area contributed by atoms with Gasteiger partial charge in [-0.15, -0.1) is 11.3 Å². The van der Waals surface area contributed by atoms with E-state index in [4.69, 9.17) is 26.1 Å². The number of carboxylic acid groups (broad SMARTS) is 1. The maximum atomic E-state index is 13.7. The highest BCUT2D eigenvalue weighted by Gasteiger charge is 2.36. The Hall–Kier alpha value is -2.86. The molecule has 33 heavy (non-hydrogen) atoms. The van der Waals surface area contributed by atoms with Crippen molar-refractivity contribution in [2.24, 2.45) is 4.99 Å². The molecule has 0 unspecified atom stereocenters. The highest BCUT2D eigenvalue weighted by Crippen LogP contribution is 2.36. The van der Waals surface area contributed by atoms with Crippen LogP contribution in [0.25, 0.3) is 0 Å². The molecule has 2 aromatic rings. The Morgan fingerprint density at radius 3 is 2.91 bits per heavy atom. The van der Waals surface area contributed by atoms with E-state index in [1.54, 1.807) is 27.6 Å². The predicted octanol–water partition coefficient (Wildman–Crippen LogP) is 2.54. The molecule has 0 bridgehead atoms. The van der Waals surface area contributed by atoms with Gasteiger partial charge in [0.25, 0.3) is 0 Å². The minimum atomic E-state index is -1.01. The Morgan fingerprint density at radius 1 is 1.42 bits per heavy atom. The lowest BCUT2D eigenvalue weighted by Gasteiger charge is -2.38. The van der Waals surface area contributed by atoms with Crippen molar-refractivity contribution in [3.05, 3.63) is 63.0 Å². The molecule has 9 nitrogen and oxygen atoms in total. The third-order valence-electron chi connectivity index (χ3n) is 5.27. The van der Waals surface area contributed by atoms with Gasteiger partial charge in [-0.25, -0.2) is 14.2 Å². The molecule has 2 aliphatic rings. The minimum absolute atomic E-state index is 0.0499. The van der Waals surface area contributed by atoms with Crippen molar-refractivity contribution in [3.8, 4) is 0 Å². The topological polar surface area (TPSA) is 105 Å². The van der Waals surface area contributed by atoms with Crippen LogP contribution in [0.1, 0.15) is 16.6 Å². The standard InChI is InChI=1S/C21H20ClFN4O5S/c1-31-21(30)14-9-27(11-26-5-6-32-10-16(26)20(28)29)18(19-24-4-7-33-19)25-17(14)13-3-2-12(23)8-15(13)22/h2-4,7-9,16-17H,5-6,10-11H2,1H3,(H,28,29)/t16-,17-/m0/s1. The Balaban J connectivity index is 1.78. The predicted molar refractivity (Wildman–Crippen MR) is 119 cm³/mol. The molecule has 0 amide bonds. The van der Waals surface area contributed by atoms with E-state index in [0.717, 1.165) is 6.07 Å². The van der Waals surface area contributed by atoms with Gasteiger partial charge in [-0.3, -0.25) is 14.7 Å². The molecule has 2 atom stereocenters. The zero-order valence-electron chi connectivity index (χ0n) is 17.5. The number of rotatable bonds is 6. The summed E-state index contributed by atoms with van der Waals surface area (Å²) in [6.07, 6.45) is 3.18. The van der Waals surface area contributed by atoms with Crippen molar-refractivity contribution in [2.75, 3.05) is 33.5 Å². The first-order chi connectivity index (χ1) is 15.9. The number of aliphatic carboxylic acids is 1. The number of hydrogen-bond donors (Lipinski definition) is 1. The number of thiazole rings is 1. The number of aliphatic imine (C=N–C) groups is 1. The number of carbonyl (C=O) groups is 2. The fourth-order valence-electron chi connectivity index (χ4n) is 3.66. The third kappa shape index (κ3) is 4.91. The van der Waals surface area contributed by atoms with Crippen LogP contribution in [0.3, 0.4) is 0 Å². The summed E-state index contributed by atoms with van der Waals surface area (Å²) in [5, 5.41) is 12.1. The average molecular weight is 495 g/mol. The van der Waals surface area contributed by atoms with E-state index in [2.05, 4.69) is 4.98 Å². The van der Waals surface area contributed by atoms with E-state index in [-0.39, 0.29) is 23.9 Å². The van der Waals surface area contributed by atoms with Gasteiger partial charge < -0.3 is 19.5 Å². The van der Waals surface area contributed by atoms with E-state index < -0.39 is 29.8 Å². The van der Waals surface area contributed by atoms with Gasteiger partial charge in [0, 0.05) is 34.9 Å². The van der Waals surface area contributed by atoms with E-state index in [1.807, 2.05) is 0 Å². The second kappa shape index (κ2) is 9.96. The zero-order valence-corrected chi connectivity index (χ0v) is 19.1. The molecule has 1 aromatic carbocycles. The first-order valence-corrected chi connectivity index (χ1v) is 11.2. The fourth-order valence-corrected chi connectivity index (χ4v) is 4.58. The van der Waals surface area contributed by atoms with Gasteiger partial charge in [-0.1, -0.05) is 17.7 Å². The largest absolute Gasteiger partial charge is 0.480 e. The van der Waals surface area contributed by atoms with Crippen LogP contribution in [0.15, 0.2) is 46.5 Å². The quantitative estimate of drug-likeness (QED) is 0.611. The number of halogens is 2. The van der Waals surface area contributed by atoms with Crippen LogP contribution in [0.2, 0.25) is 5.02 Å². The lowest BCUT2D eigenvalue weighted by Crippen LogP contribution is -2.54. The lowest BCUT2D eigenvalue weighted by atomic mass is 9.98. The molecule has 0 radical (unpaired) electrons. The van der Waals surface area contributed by atoms with Crippen LogP contribution >= 0.6 is 22.9 Å². The first kappa shape index (κ1) is 23.3. The summed E-state index contributed by atoms with van der Waals surface area (Å²) in [5.41, 5.74) is 0.602.